The first-order valence-electron chi connectivity index (χ1n) is 6.93. The minimum atomic E-state index is 0.166. The fourth-order valence-electron chi connectivity index (χ4n) is 1.63. The second kappa shape index (κ2) is 6.80. The third-order valence-corrected chi connectivity index (χ3v) is 2.85. The Morgan fingerprint density at radius 1 is 1.26 bits per heavy atom. The van der Waals surface area contributed by atoms with Gasteiger partial charge in [-0.2, -0.15) is 0 Å². The highest BCUT2D eigenvalue weighted by Crippen LogP contribution is 2.19. The van der Waals surface area contributed by atoms with Crippen LogP contribution in [0.4, 0.5) is 5.69 Å². The van der Waals surface area contributed by atoms with Crippen molar-refractivity contribution in [1.29, 1.82) is 0 Å². The van der Waals surface area contributed by atoms with E-state index in [0.717, 1.165) is 24.6 Å². The van der Waals surface area contributed by atoms with Crippen molar-refractivity contribution in [2.45, 2.75) is 33.2 Å². The second-order valence-corrected chi connectivity index (χ2v) is 6.44. The highest BCUT2D eigenvalue weighted by atomic mass is 16.5. The van der Waals surface area contributed by atoms with Crippen molar-refractivity contribution in [3.63, 3.8) is 0 Å². The van der Waals surface area contributed by atoms with Crippen LogP contribution in [0.2, 0.25) is 0 Å². The number of benzene rings is 1. The molecule has 3 heteroatoms. The van der Waals surface area contributed by atoms with Crippen LogP contribution in [0.1, 0.15) is 27.7 Å². The number of hydrogen-bond donors (Lipinski definition) is 1. The van der Waals surface area contributed by atoms with Gasteiger partial charge in [-0.15, -0.1) is 0 Å². The Balaban J connectivity index is 2.41. The van der Waals surface area contributed by atoms with Crippen molar-refractivity contribution in [1.82, 2.24) is 5.32 Å². The molecule has 0 amide bonds. The molecule has 1 atom stereocenters. The van der Waals surface area contributed by atoms with Gasteiger partial charge in [0.15, 0.2) is 0 Å². The van der Waals surface area contributed by atoms with Crippen molar-refractivity contribution < 1.29 is 4.74 Å². The van der Waals surface area contributed by atoms with E-state index in [9.17, 15) is 0 Å². The summed E-state index contributed by atoms with van der Waals surface area (Å²) in [5, 5.41) is 3.50. The van der Waals surface area contributed by atoms with Crippen LogP contribution in [0.5, 0.6) is 5.75 Å². The summed E-state index contributed by atoms with van der Waals surface area (Å²) >= 11 is 0. The summed E-state index contributed by atoms with van der Waals surface area (Å²) < 4.78 is 5.86. The number of hydrogen-bond acceptors (Lipinski definition) is 3. The maximum atomic E-state index is 5.86. The standard InChI is InChI=1S/C16H28N2O/c1-13(11-17-16(2,3)4)12-19-15-9-7-8-14(10-15)18(5)6/h7-10,13,17H,11-12H2,1-6H3. The van der Waals surface area contributed by atoms with Crippen LogP contribution >= 0.6 is 0 Å². The Bertz CT molecular complexity index is 383. The van der Waals surface area contributed by atoms with E-state index in [-0.39, 0.29) is 5.54 Å². The smallest absolute Gasteiger partial charge is 0.121 e. The van der Waals surface area contributed by atoms with E-state index in [1.165, 1.54) is 0 Å². The van der Waals surface area contributed by atoms with E-state index in [0.29, 0.717) is 5.92 Å². The zero-order chi connectivity index (χ0) is 14.5. The zero-order valence-electron chi connectivity index (χ0n) is 13.2. The highest BCUT2D eigenvalue weighted by Gasteiger charge is 2.11. The molecular formula is C16H28N2O. The molecular weight excluding hydrogens is 236 g/mol. The Labute approximate surface area is 118 Å². The van der Waals surface area contributed by atoms with Crippen LogP contribution in [-0.4, -0.2) is 32.8 Å². The lowest BCUT2D eigenvalue weighted by Gasteiger charge is -2.23. The summed E-state index contributed by atoms with van der Waals surface area (Å²) in [6, 6.07) is 8.20. The Morgan fingerprint density at radius 3 is 2.53 bits per heavy atom. The number of nitrogens with zero attached hydrogens (tertiary/aromatic N) is 1. The molecule has 0 aliphatic rings. The summed E-state index contributed by atoms with van der Waals surface area (Å²) in [7, 11) is 4.07. The lowest BCUT2D eigenvalue weighted by atomic mass is 10.1. The summed E-state index contributed by atoms with van der Waals surface area (Å²) in [6.45, 7) is 10.5. The molecule has 3 nitrogen and oxygen atoms in total. The molecule has 1 aromatic carbocycles. The van der Waals surface area contributed by atoms with Gasteiger partial charge in [0.2, 0.25) is 0 Å². The summed E-state index contributed by atoms with van der Waals surface area (Å²) in [6.07, 6.45) is 0. The van der Waals surface area contributed by atoms with Crippen molar-refractivity contribution in [3.8, 4) is 5.75 Å². The van der Waals surface area contributed by atoms with E-state index in [4.69, 9.17) is 4.74 Å². The first kappa shape index (κ1) is 15.8. The second-order valence-electron chi connectivity index (χ2n) is 6.44. The van der Waals surface area contributed by atoms with Gasteiger partial charge in [0.1, 0.15) is 5.75 Å². The molecule has 1 unspecified atom stereocenters. The average molecular weight is 264 g/mol. The maximum absolute atomic E-state index is 5.86. The minimum absolute atomic E-state index is 0.166. The largest absolute Gasteiger partial charge is 0.493 e. The number of anilines is 1. The third-order valence-electron chi connectivity index (χ3n) is 2.85. The van der Waals surface area contributed by atoms with Crippen molar-refractivity contribution >= 4 is 5.69 Å². The van der Waals surface area contributed by atoms with E-state index in [1.807, 2.05) is 26.2 Å². The Morgan fingerprint density at radius 2 is 1.95 bits per heavy atom. The van der Waals surface area contributed by atoms with Gasteiger partial charge in [0.05, 0.1) is 6.61 Å². The SMILES string of the molecule is CC(CNC(C)(C)C)COc1cccc(N(C)C)c1. The molecule has 0 bridgehead atoms. The zero-order valence-corrected chi connectivity index (χ0v) is 13.2. The van der Waals surface area contributed by atoms with Gasteiger partial charge in [-0.05, 0) is 32.9 Å². The molecule has 1 rings (SSSR count). The monoisotopic (exact) mass is 264 g/mol. The predicted molar refractivity (Wildman–Crippen MR) is 83.2 cm³/mol. The topological polar surface area (TPSA) is 24.5 Å². The van der Waals surface area contributed by atoms with E-state index < -0.39 is 0 Å². The maximum Gasteiger partial charge on any atom is 0.121 e. The minimum Gasteiger partial charge on any atom is -0.493 e. The van der Waals surface area contributed by atoms with Crippen LogP contribution < -0.4 is 15.0 Å². The fraction of sp³-hybridized carbons (Fsp3) is 0.625. The molecule has 0 heterocycles. The molecule has 0 radical (unpaired) electrons. The van der Waals surface area contributed by atoms with Gasteiger partial charge in [-0.25, -0.2) is 0 Å². The van der Waals surface area contributed by atoms with E-state index in [1.54, 1.807) is 0 Å². The molecule has 0 aromatic heterocycles. The van der Waals surface area contributed by atoms with Crippen molar-refractivity contribution in [3.05, 3.63) is 24.3 Å². The average Bonchev–Trinajstić information content (AvgIpc) is 2.33. The van der Waals surface area contributed by atoms with Crippen LogP contribution in [0, 0.1) is 5.92 Å². The molecule has 0 spiro atoms. The molecule has 0 aliphatic carbocycles. The molecule has 1 N–H and O–H groups in total. The third kappa shape index (κ3) is 6.48. The number of ether oxygens (including phenoxy) is 1. The fourth-order valence-corrected chi connectivity index (χ4v) is 1.63. The van der Waals surface area contributed by atoms with Gasteiger partial charge in [0, 0.05) is 43.9 Å². The molecule has 19 heavy (non-hydrogen) atoms. The summed E-state index contributed by atoms with van der Waals surface area (Å²) in [5.74, 6) is 1.43. The molecule has 1 aromatic rings. The molecule has 0 saturated carbocycles. The first-order chi connectivity index (χ1) is 8.78. The lowest BCUT2D eigenvalue weighted by Crippen LogP contribution is -2.39. The van der Waals surface area contributed by atoms with Gasteiger partial charge in [0.25, 0.3) is 0 Å². The van der Waals surface area contributed by atoms with Crippen LogP contribution in [0.3, 0.4) is 0 Å². The van der Waals surface area contributed by atoms with Gasteiger partial charge in [-0.3, -0.25) is 0 Å². The quantitative estimate of drug-likeness (QED) is 0.854. The van der Waals surface area contributed by atoms with E-state index in [2.05, 4.69) is 50.0 Å². The molecule has 108 valence electrons. The lowest BCUT2D eigenvalue weighted by molar-refractivity contribution is 0.244. The number of rotatable bonds is 6. The summed E-state index contributed by atoms with van der Waals surface area (Å²) in [5.41, 5.74) is 1.33. The van der Waals surface area contributed by atoms with Crippen LogP contribution in [0.25, 0.3) is 0 Å². The highest BCUT2D eigenvalue weighted by molar-refractivity contribution is 5.49. The predicted octanol–water partition coefficient (Wildman–Crippen LogP) is 3.16. The Hall–Kier alpha value is -1.22. The van der Waals surface area contributed by atoms with Gasteiger partial charge in [-0.1, -0.05) is 13.0 Å². The van der Waals surface area contributed by atoms with Crippen LogP contribution in [0.15, 0.2) is 24.3 Å². The van der Waals surface area contributed by atoms with Crippen LogP contribution in [-0.2, 0) is 0 Å². The molecule has 0 saturated heterocycles. The molecule has 0 fully saturated rings. The molecule has 0 aliphatic heterocycles. The Kier molecular flexibility index (Phi) is 5.67. The van der Waals surface area contributed by atoms with E-state index >= 15 is 0 Å². The van der Waals surface area contributed by atoms with Gasteiger partial charge >= 0.3 is 0 Å². The normalized spacial score (nSPS) is 13.2. The first-order valence-corrected chi connectivity index (χ1v) is 6.93. The van der Waals surface area contributed by atoms with Crippen molar-refractivity contribution in [2.24, 2.45) is 5.92 Å². The van der Waals surface area contributed by atoms with Gasteiger partial charge < -0.3 is 15.0 Å². The summed E-state index contributed by atoms with van der Waals surface area (Å²) in [4.78, 5) is 2.08. The van der Waals surface area contributed by atoms with Crippen molar-refractivity contribution in [2.75, 3.05) is 32.1 Å². The number of nitrogens with one attached hydrogen (secondary N) is 1.